The first kappa shape index (κ1) is 17.0. The van der Waals surface area contributed by atoms with Crippen LogP contribution in [0.5, 0.6) is 0 Å². The topological polar surface area (TPSA) is 79.0 Å². The number of likely N-dealkylation sites (N-methyl/N-ethyl adjacent to an activating group) is 1. The van der Waals surface area contributed by atoms with Gasteiger partial charge < -0.3 is 10.1 Å². The Morgan fingerprint density at radius 3 is 3.04 bits per heavy atom. The number of aromatic nitrogens is 3. The largest absolute Gasteiger partial charge is 0.373 e. The lowest BCUT2D eigenvalue weighted by Gasteiger charge is -2.39. The number of nitriles is 1. The lowest BCUT2D eigenvalue weighted by molar-refractivity contribution is -0.0581. The first-order valence-corrected chi connectivity index (χ1v) is 9.14. The van der Waals surface area contributed by atoms with Gasteiger partial charge in [-0.1, -0.05) is 0 Å². The molecule has 1 N–H and O–H groups in total. The lowest BCUT2D eigenvalue weighted by atomic mass is 10.0. The Labute approximate surface area is 153 Å². The number of hydrogen-bond acceptors (Lipinski definition) is 6. The maximum atomic E-state index is 9.49. The third-order valence-electron chi connectivity index (χ3n) is 5.41. The second kappa shape index (κ2) is 7.06. The van der Waals surface area contributed by atoms with Gasteiger partial charge in [-0.15, -0.1) is 0 Å². The molecule has 7 heteroatoms. The smallest absolute Gasteiger partial charge is 0.144 e. The van der Waals surface area contributed by atoms with Crippen LogP contribution in [0.25, 0.3) is 0 Å². The number of hydrogen-bond donors (Lipinski definition) is 1. The first-order valence-electron chi connectivity index (χ1n) is 9.14. The van der Waals surface area contributed by atoms with Crippen molar-refractivity contribution in [2.45, 2.75) is 31.4 Å². The second-order valence-corrected chi connectivity index (χ2v) is 7.05. The molecule has 1 aliphatic carbocycles. The predicted molar refractivity (Wildman–Crippen MR) is 97.8 cm³/mol. The fourth-order valence-electron chi connectivity index (χ4n) is 4.01. The van der Waals surface area contributed by atoms with Gasteiger partial charge in [-0.2, -0.15) is 10.4 Å². The summed E-state index contributed by atoms with van der Waals surface area (Å²) in [5, 5.41) is 17.2. The minimum absolute atomic E-state index is 0.0363. The van der Waals surface area contributed by atoms with Gasteiger partial charge in [-0.3, -0.25) is 9.58 Å². The van der Waals surface area contributed by atoms with Gasteiger partial charge in [-0.05, 0) is 44.0 Å². The van der Waals surface area contributed by atoms with Crippen molar-refractivity contribution in [3.05, 3.63) is 40.8 Å². The summed E-state index contributed by atoms with van der Waals surface area (Å²) in [4.78, 5) is 7.01. The van der Waals surface area contributed by atoms with E-state index >= 15 is 0 Å². The molecule has 0 unspecified atom stereocenters. The zero-order valence-electron chi connectivity index (χ0n) is 15.3. The number of pyridine rings is 1. The summed E-state index contributed by atoms with van der Waals surface area (Å²) >= 11 is 0. The standard InChI is InChI=1S/C19H24N6O/c1-24-8-9-26-17(18(24)16-6-7-22-25(16)2)12-21-19-14(11-20)10-13-4-3-5-15(13)23-19/h6-7,10,17-18H,3-5,8-9,12H2,1-2H3,(H,21,23)/t17-,18-/m0/s1. The van der Waals surface area contributed by atoms with Crippen LogP contribution in [-0.2, 0) is 24.6 Å². The molecule has 136 valence electrons. The van der Waals surface area contributed by atoms with Crippen molar-refractivity contribution in [3.63, 3.8) is 0 Å². The average Bonchev–Trinajstić information content (AvgIpc) is 3.27. The highest BCUT2D eigenvalue weighted by Crippen LogP contribution is 2.29. The average molecular weight is 352 g/mol. The minimum Gasteiger partial charge on any atom is -0.373 e. The van der Waals surface area contributed by atoms with E-state index in [2.05, 4.69) is 28.4 Å². The zero-order chi connectivity index (χ0) is 18.1. The van der Waals surface area contributed by atoms with Crippen LogP contribution in [0.1, 0.15) is 35.0 Å². The van der Waals surface area contributed by atoms with E-state index in [1.807, 2.05) is 30.1 Å². The molecule has 0 amide bonds. The summed E-state index contributed by atoms with van der Waals surface area (Å²) in [6.07, 6.45) is 4.92. The van der Waals surface area contributed by atoms with E-state index in [0.29, 0.717) is 24.5 Å². The summed E-state index contributed by atoms with van der Waals surface area (Å²) in [6.45, 7) is 2.17. The van der Waals surface area contributed by atoms with Gasteiger partial charge in [0.1, 0.15) is 11.9 Å². The molecule has 2 atom stereocenters. The van der Waals surface area contributed by atoms with E-state index in [1.54, 1.807) is 0 Å². The van der Waals surface area contributed by atoms with Crippen molar-refractivity contribution >= 4 is 5.82 Å². The molecule has 0 bridgehead atoms. The third-order valence-corrected chi connectivity index (χ3v) is 5.41. The molecule has 4 rings (SSSR count). The van der Waals surface area contributed by atoms with E-state index in [1.165, 1.54) is 5.56 Å². The van der Waals surface area contributed by atoms with Crippen LogP contribution >= 0.6 is 0 Å². The van der Waals surface area contributed by atoms with E-state index in [9.17, 15) is 5.26 Å². The van der Waals surface area contributed by atoms with Gasteiger partial charge in [0, 0.05) is 32.0 Å². The molecule has 0 saturated carbocycles. The van der Waals surface area contributed by atoms with Crippen LogP contribution in [0.4, 0.5) is 5.82 Å². The van der Waals surface area contributed by atoms with Crippen molar-refractivity contribution in [3.8, 4) is 6.07 Å². The molecule has 0 radical (unpaired) electrons. The monoisotopic (exact) mass is 352 g/mol. The maximum absolute atomic E-state index is 9.49. The molecule has 2 aromatic rings. The van der Waals surface area contributed by atoms with E-state index in [-0.39, 0.29) is 12.1 Å². The Kier molecular flexibility index (Phi) is 4.62. The van der Waals surface area contributed by atoms with E-state index in [0.717, 1.165) is 37.2 Å². The van der Waals surface area contributed by atoms with Crippen LogP contribution in [0.15, 0.2) is 18.3 Å². The summed E-state index contributed by atoms with van der Waals surface area (Å²) in [5.74, 6) is 0.675. The van der Waals surface area contributed by atoms with Crippen LogP contribution in [0, 0.1) is 11.3 Å². The minimum atomic E-state index is -0.0363. The first-order chi connectivity index (χ1) is 12.7. The van der Waals surface area contributed by atoms with Crippen molar-refractivity contribution < 1.29 is 4.74 Å². The quantitative estimate of drug-likeness (QED) is 0.902. The highest BCUT2D eigenvalue weighted by Gasteiger charge is 2.33. The zero-order valence-corrected chi connectivity index (χ0v) is 15.3. The fraction of sp³-hybridized carbons (Fsp3) is 0.526. The highest BCUT2D eigenvalue weighted by atomic mass is 16.5. The Hall–Kier alpha value is -2.43. The molecule has 1 saturated heterocycles. The van der Waals surface area contributed by atoms with Crippen molar-refractivity contribution in [1.29, 1.82) is 5.26 Å². The molecule has 7 nitrogen and oxygen atoms in total. The number of morpholine rings is 1. The summed E-state index contributed by atoms with van der Waals surface area (Å²) in [5.41, 5.74) is 4.08. The van der Waals surface area contributed by atoms with E-state index in [4.69, 9.17) is 9.72 Å². The van der Waals surface area contributed by atoms with Crippen molar-refractivity contribution in [2.24, 2.45) is 7.05 Å². The molecule has 26 heavy (non-hydrogen) atoms. The lowest BCUT2D eigenvalue weighted by Crippen LogP contribution is -2.46. The molecule has 3 heterocycles. The Morgan fingerprint density at radius 2 is 2.27 bits per heavy atom. The summed E-state index contributed by atoms with van der Waals surface area (Å²) < 4.78 is 7.97. The Balaban J connectivity index is 1.55. The van der Waals surface area contributed by atoms with Gasteiger partial charge in [-0.25, -0.2) is 4.98 Å². The number of anilines is 1. The molecule has 1 fully saturated rings. The third kappa shape index (κ3) is 3.06. The van der Waals surface area contributed by atoms with Gasteiger partial charge >= 0.3 is 0 Å². The molecular formula is C19H24N6O. The van der Waals surface area contributed by atoms with Crippen LogP contribution < -0.4 is 5.32 Å². The molecule has 0 aromatic carbocycles. The second-order valence-electron chi connectivity index (χ2n) is 7.05. The SMILES string of the molecule is CN1CCO[C@@H](CNc2nc3c(cc2C#N)CCC3)[C@@H]1c1ccnn1C. The number of rotatable bonds is 4. The fourth-order valence-corrected chi connectivity index (χ4v) is 4.01. The van der Waals surface area contributed by atoms with Gasteiger partial charge in [0.25, 0.3) is 0 Å². The van der Waals surface area contributed by atoms with Crippen LogP contribution in [-0.4, -0.2) is 52.5 Å². The normalized spacial score (nSPS) is 22.8. The van der Waals surface area contributed by atoms with Gasteiger partial charge in [0.05, 0.1) is 30.0 Å². The van der Waals surface area contributed by atoms with Crippen molar-refractivity contribution in [1.82, 2.24) is 19.7 Å². The van der Waals surface area contributed by atoms with Crippen LogP contribution in [0.3, 0.4) is 0 Å². The van der Waals surface area contributed by atoms with Crippen LogP contribution in [0.2, 0.25) is 0 Å². The highest BCUT2D eigenvalue weighted by molar-refractivity contribution is 5.55. The number of aryl methyl sites for hydroxylation is 3. The molecule has 2 aromatic heterocycles. The molecule has 1 aliphatic heterocycles. The van der Waals surface area contributed by atoms with Crippen molar-refractivity contribution in [2.75, 3.05) is 32.1 Å². The van der Waals surface area contributed by atoms with Gasteiger partial charge in [0.2, 0.25) is 0 Å². The molecule has 0 spiro atoms. The summed E-state index contributed by atoms with van der Waals surface area (Å²) in [7, 11) is 4.07. The maximum Gasteiger partial charge on any atom is 0.144 e. The van der Waals surface area contributed by atoms with Gasteiger partial charge in [0.15, 0.2) is 0 Å². The number of nitrogens with one attached hydrogen (secondary N) is 1. The number of nitrogens with zero attached hydrogens (tertiary/aromatic N) is 5. The Morgan fingerprint density at radius 1 is 1.38 bits per heavy atom. The number of fused-ring (bicyclic) bond motifs is 1. The number of ether oxygens (including phenoxy) is 1. The summed E-state index contributed by atoms with van der Waals surface area (Å²) in [6, 6.07) is 6.42. The predicted octanol–water partition coefficient (Wildman–Crippen LogP) is 1.66. The Bertz CT molecular complexity index is 839. The molecule has 2 aliphatic rings. The van der Waals surface area contributed by atoms with E-state index < -0.39 is 0 Å². The molecular weight excluding hydrogens is 328 g/mol.